The Morgan fingerprint density at radius 1 is 1.25 bits per heavy atom. The maximum absolute atomic E-state index is 11.8. The summed E-state index contributed by atoms with van der Waals surface area (Å²) in [5, 5.41) is 9.78. The highest BCUT2D eigenvalue weighted by Crippen LogP contribution is 2.23. The van der Waals surface area contributed by atoms with E-state index in [4.69, 9.17) is 5.73 Å². The molecule has 0 bridgehead atoms. The number of aromatic nitrogens is 2. The van der Waals surface area contributed by atoms with Crippen LogP contribution >= 0.6 is 0 Å². The van der Waals surface area contributed by atoms with Crippen molar-refractivity contribution in [2.24, 2.45) is 0 Å². The van der Waals surface area contributed by atoms with Gasteiger partial charge in [0, 0.05) is 5.69 Å². The van der Waals surface area contributed by atoms with Gasteiger partial charge in [-0.2, -0.15) is 0 Å². The Morgan fingerprint density at radius 3 is 2.40 bits per heavy atom. The average molecular weight is 274 g/mol. The first-order valence-electron chi connectivity index (χ1n) is 6.33. The van der Waals surface area contributed by atoms with Gasteiger partial charge in [0.25, 0.3) is 0 Å². The Hall–Kier alpha value is -2.37. The summed E-state index contributed by atoms with van der Waals surface area (Å²) in [6.07, 6.45) is 0.0381. The minimum Gasteiger partial charge on any atom is -0.379 e. The van der Waals surface area contributed by atoms with Gasteiger partial charge in [0.1, 0.15) is 5.69 Å². The molecule has 20 heavy (non-hydrogen) atoms. The number of amides is 1. The summed E-state index contributed by atoms with van der Waals surface area (Å²) in [4.78, 5) is 11.8. The van der Waals surface area contributed by atoms with Crippen LogP contribution in [0.25, 0.3) is 0 Å². The van der Waals surface area contributed by atoms with Crippen molar-refractivity contribution in [2.45, 2.75) is 32.6 Å². The summed E-state index contributed by atoms with van der Waals surface area (Å²) >= 11 is 0. The Bertz CT molecular complexity index is 596. The molecule has 6 heteroatoms. The second-order valence-electron chi connectivity index (χ2n) is 5.65. The standard InChI is InChI=1S/C14H18N4O2/c1-14(2,3)9-4-6-10(7-5-9)16-12(19)8-11-13(15)18-20-17-11/h4-7H,8H2,1-3H3,(H2,15,18)(H,16,19). The molecular formula is C14H18N4O2. The second kappa shape index (κ2) is 5.32. The van der Waals surface area contributed by atoms with Crippen LogP contribution < -0.4 is 11.1 Å². The maximum Gasteiger partial charge on any atom is 0.230 e. The lowest BCUT2D eigenvalue weighted by Crippen LogP contribution is -2.16. The number of nitrogens with one attached hydrogen (secondary N) is 1. The molecule has 6 nitrogen and oxygen atoms in total. The van der Waals surface area contributed by atoms with Crippen LogP contribution in [0.3, 0.4) is 0 Å². The molecule has 2 rings (SSSR count). The monoisotopic (exact) mass is 274 g/mol. The lowest BCUT2D eigenvalue weighted by atomic mass is 9.87. The molecule has 3 N–H and O–H groups in total. The zero-order valence-electron chi connectivity index (χ0n) is 11.8. The van der Waals surface area contributed by atoms with Gasteiger partial charge >= 0.3 is 0 Å². The minimum atomic E-state index is -0.212. The molecule has 2 aromatic rings. The number of carbonyl (C=O) groups excluding carboxylic acids is 1. The van der Waals surface area contributed by atoms with Crippen molar-refractivity contribution < 1.29 is 9.42 Å². The van der Waals surface area contributed by atoms with Crippen molar-refractivity contribution in [1.29, 1.82) is 0 Å². The van der Waals surface area contributed by atoms with Crippen molar-refractivity contribution in [1.82, 2.24) is 10.3 Å². The number of hydrogen-bond acceptors (Lipinski definition) is 5. The van der Waals surface area contributed by atoms with Gasteiger partial charge in [-0.25, -0.2) is 4.63 Å². The lowest BCUT2D eigenvalue weighted by molar-refractivity contribution is -0.115. The Kier molecular flexibility index (Phi) is 3.74. The van der Waals surface area contributed by atoms with Crippen molar-refractivity contribution in [3.63, 3.8) is 0 Å². The predicted molar refractivity (Wildman–Crippen MR) is 76.2 cm³/mol. The fourth-order valence-corrected chi connectivity index (χ4v) is 1.75. The highest BCUT2D eigenvalue weighted by Gasteiger charge is 2.14. The van der Waals surface area contributed by atoms with Crippen molar-refractivity contribution in [3.05, 3.63) is 35.5 Å². The van der Waals surface area contributed by atoms with Crippen LogP contribution in [0.1, 0.15) is 32.0 Å². The van der Waals surface area contributed by atoms with Gasteiger partial charge in [-0.1, -0.05) is 38.1 Å². The molecule has 0 saturated carbocycles. The zero-order chi connectivity index (χ0) is 14.8. The zero-order valence-corrected chi connectivity index (χ0v) is 11.8. The number of nitrogen functional groups attached to an aromatic ring is 1. The fraction of sp³-hybridized carbons (Fsp3) is 0.357. The number of anilines is 2. The van der Waals surface area contributed by atoms with E-state index in [2.05, 4.69) is 41.0 Å². The third-order valence-corrected chi connectivity index (χ3v) is 2.95. The van der Waals surface area contributed by atoms with Crippen molar-refractivity contribution in [3.8, 4) is 0 Å². The van der Waals surface area contributed by atoms with Crippen molar-refractivity contribution in [2.75, 3.05) is 11.1 Å². The molecule has 0 fully saturated rings. The van der Waals surface area contributed by atoms with Gasteiger partial charge in [0.15, 0.2) is 5.82 Å². The molecule has 0 aliphatic rings. The fourth-order valence-electron chi connectivity index (χ4n) is 1.75. The van der Waals surface area contributed by atoms with Crippen LogP contribution in [0.15, 0.2) is 28.9 Å². The number of rotatable bonds is 3. The van der Waals surface area contributed by atoms with Gasteiger partial charge in [-0.3, -0.25) is 4.79 Å². The molecular weight excluding hydrogens is 256 g/mol. The van der Waals surface area contributed by atoms with E-state index in [-0.39, 0.29) is 23.6 Å². The summed E-state index contributed by atoms with van der Waals surface area (Å²) in [6, 6.07) is 7.76. The van der Waals surface area contributed by atoms with E-state index in [0.717, 1.165) is 5.69 Å². The predicted octanol–water partition coefficient (Wildman–Crippen LogP) is 2.13. The summed E-state index contributed by atoms with van der Waals surface area (Å²) < 4.78 is 4.44. The number of nitrogens with zero attached hydrogens (tertiary/aromatic N) is 2. The second-order valence-corrected chi connectivity index (χ2v) is 5.65. The van der Waals surface area contributed by atoms with E-state index in [1.807, 2.05) is 24.3 Å². The van der Waals surface area contributed by atoms with Gasteiger partial charge in [-0.15, -0.1) is 0 Å². The molecule has 0 atom stereocenters. The number of nitrogens with two attached hydrogens (primary N) is 1. The highest BCUT2D eigenvalue weighted by atomic mass is 16.6. The molecule has 0 unspecified atom stereocenters. The van der Waals surface area contributed by atoms with Gasteiger partial charge in [0.2, 0.25) is 5.91 Å². The number of carbonyl (C=O) groups is 1. The third kappa shape index (κ3) is 3.34. The van der Waals surface area contributed by atoms with E-state index in [0.29, 0.717) is 5.69 Å². The van der Waals surface area contributed by atoms with Crippen LogP contribution in [0, 0.1) is 0 Å². The molecule has 0 radical (unpaired) electrons. The number of benzene rings is 1. The molecule has 1 aromatic heterocycles. The molecule has 1 aromatic carbocycles. The summed E-state index contributed by atoms with van der Waals surface area (Å²) in [6.45, 7) is 6.42. The quantitative estimate of drug-likeness (QED) is 0.894. The smallest absolute Gasteiger partial charge is 0.230 e. The molecule has 0 spiro atoms. The number of hydrogen-bond donors (Lipinski definition) is 2. The van der Waals surface area contributed by atoms with Gasteiger partial charge in [0.05, 0.1) is 6.42 Å². The molecule has 0 saturated heterocycles. The molecule has 0 aliphatic carbocycles. The van der Waals surface area contributed by atoms with Crippen LogP contribution in [-0.4, -0.2) is 16.2 Å². The molecule has 1 heterocycles. The highest BCUT2D eigenvalue weighted by molar-refractivity contribution is 5.92. The first-order valence-corrected chi connectivity index (χ1v) is 6.33. The first kappa shape index (κ1) is 14.0. The Labute approximate surface area is 117 Å². The summed E-state index contributed by atoms with van der Waals surface area (Å²) in [7, 11) is 0. The van der Waals surface area contributed by atoms with E-state index >= 15 is 0 Å². The van der Waals surface area contributed by atoms with E-state index < -0.39 is 0 Å². The SMILES string of the molecule is CC(C)(C)c1ccc(NC(=O)Cc2nonc2N)cc1. The lowest BCUT2D eigenvalue weighted by Gasteiger charge is -2.19. The molecule has 106 valence electrons. The van der Waals surface area contributed by atoms with Crippen molar-refractivity contribution >= 4 is 17.4 Å². The van der Waals surface area contributed by atoms with E-state index in [1.54, 1.807) is 0 Å². The third-order valence-electron chi connectivity index (χ3n) is 2.95. The maximum atomic E-state index is 11.8. The normalized spacial score (nSPS) is 11.3. The molecule has 0 aliphatic heterocycles. The molecule has 1 amide bonds. The first-order chi connectivity index (χ1) is 9.36. The Balaban J connectivity index is 2.00. The van der Waals surface area contributed by atoms with Crippen LogP contribution in [0.2, 0.25) is 0 Å². The average Bonchev–Trinajstić information content (AvgIpc) is 2.74. The Morgan fingerprint density at radius 2 is 1.90 bits per heavy atom. The van der Waals surface area contributed by atoms with Gasteiger partial charge in [-0.05, 0) is 28.3 Å². The van der Waals surface area contributed by atoms with Crippen LogP contribution in [0.4, 0.5) is 11.5 Å². The summed E-state index contributed by atoms with van der Waals surface area (Å²) in [5.41, 5.74) is 7.87. The summed E-state index contributed by atoms with van der Waals surface area (Å²) in [5.74, 6) is -0.0702. The largest absolute Gasteiger partial charge is 0.379 e. The van der Waals surface area contributed by atoms with E-state index in [9.17, 15) is 4.79 Å². The van der Waals surface area contributed by atoms with Crippen LogP contribution in [0.5, 0.6) is 0 Å². The van der Waals surface area contributed by atoms with E-state index in [1.165, 1.54) is 5.56 Å². The van der Waals surface area contributed by atoms with Gasteiger partial charge < -0.3 is 11.1 Å². The topological polar surface area (TPSA) is 94.0 Å². The van der Waals surface area contributed by atoms with Crippen LogP contribution in [-0.2, 0) is 16.6 Å². The minimum absolute atomic E-state index is 0.0381.